The van der Waals surface area contributed by atoms with Crippen LogP contribution in [0.25, 0.3) is 33.7 Å². The van der Waals surface area contributed by atoms with Crippen LogP contribution in [0, 0.1) is 19.8 Å². The molecule has 3 aromatic heterocycles. The van der Waals surface area contributed by atoms with Crippen molar-refractivity contribution in [3.8, 4) is 0 Å². The lowest BCUT2D eigenvalue weighted by Gasteiger charge is -2.37. The van der Waals surface area contributed by atoms with Crippen molar-refractivity contribution < 1.29 is 53.1 Å². The maximum atomic E-state index is 13.8. The number of nitrogens with zero attached hydrogens (tertiary/aromatic N) is 2. The molecule has 0 spiro atoms. The molecule has 0 saturated carbocycles. The van der Waals surface area contributed by atoms with Gasteiger partial charge in [0, 0.05) is 82.6 Å². The molecular formula is C55H80N8O11. The predicted octanol–water partition coefficient (Wildman–Crippen LogP) is 4.88. The molecule has 19 nitrogen and oxygen atoms in total. The van der Waals surface area contributed by atoms with Gasteiger partial charge in [0.2, 0.25) is 18.7 Å². The van der Waals surface area contributed by atoms with Crippen molar-refractivity contribution in [1.82, 2.24) is 35.9 Å². The maximum Gasteiger partial charge on any atom is 0.314 e. The summed E-state index contributed by atoms with van der Waals surface area (Å²) in [4.78, 5) is 64.8. The molecule has 4 unspecified atom stereocenters. The third-order valence-electron chi connectivity index (χ3n) is 13.2. The fourth-order valence-corrected chi connectivity index (χ4v) is 9.34. The van der Waals surface area contributed by atoms with Crippen molar-refractivity contribution in [3.05, 3.63) is 93.6 Å². The van der Waals surface area contributed by atoms with Crippen molar-refractivity contribution >= 4 is 58.4 Å². The Hall–Kier alpha value is -6.06. The lowest BCUT2D eigenvalue weighted by Crippen LogP contribution is -2.44. The lowest BCUT2D eigenvalue weighted by molar-refractivity contribution is -0.146. The van der Waals surface area contributed by atoms with Crippen LogP contribution >= 0.6 is 0 Å². The summed E-state index contributed by atoms with van der Waals surface area (Å²) in [7, 11) is 1.36. The first-order valence-electron chi connectivity index (χ1n) is 25.6. The Morgan fingerprint density at radius 2 is 1.38 bits per heavy atom. The number of nitrogens with two attached hydrogens (primary N) is 1. The number of aromatic amines is 2. The largest absolute Gasteiger partial charge is 0.469 e. The summed E-state index contributed by atoms with van der Waals surface area (Å²) in [6.07, 6.45) is 10.8. The highest BCUT2D eigenvalue weighted by atomic mass is 16.5. The number of ether oxygens (including phenoxy) is 5. The molecular weight excluding hydrogens is 949 g/mol. The molecule has 3 aromatic rings. The smallest absolute Gasteiger partial charge is 0.314 e. The molecule has 8 bridgehead atoms. The average molecular weight is 1030 g/mol. The Bertz CT molecular complexity index is 2530. The Labute approximate surface area is 435 Å². The fraction of sp³-hybridized carbons (Fsp3) is 0.527. The molecule has 0 aromatic carbocycles. The van der Waals surface area contributed by atoms with Gasteiger partial charge in [0.25, 0.3) is 0 Å². The highest BCUT2D eigenvalue weighted by Gasteiger charge is 2.53. The van der Waals surface area contributed by atoms with Crippen LogP contribution in [-0.2, 0) is 54.7 Å². The number of carbonyl (C=O) groups is 4. The third-order valence-corrected chi connectivity index (χ3v) is 13.2. The van der Waals surface area contributed by atoms with Crippen LogP contribution in [0.1, 0.15) is 104 Å². The highest BCUT2D eigenvalue weighted by molar-refractivity contribution is 6.04. The van der Waals surface area contributed by atoms with Gasteiger partial charge >= 0.3 is 5.97 Å². The zero-order valence-electron chi connectivity index (χ0n) is 44.4. The molecule has 9 N–H and O–H groups in total. The summed E-state index contributed by atoms with van der Waals surface area (Å²) in [6.45, 7) is 22.3. The number of amides is 3. The average Bonchev–Trinajstić information content (AvgIpc) is 4.05. The molecule has 4 atom stereocenters. The molecule has 1 aliphatic carbocycles. The van der Waals surface area contributed by atoms with Crippen molar-refractivity contribution in [2.45, 2.75) is 84.5 Å². The van der Waals surface area contributed by atoms with Gasteiger partial charge in [-0.15, -0.1) is 0 Å². The summed E-state index contributed by atoms with van der Waals surface area (Å²) in [5.41, 5.74) is 17.6. The first-order chi connectivity index (χ1) is 35.8. The van der Waals surface area contributed by atoms with Crippen molar-refractivity contribution in [3.63, 3.8) is 0 Å². The number of methoxy groups -OCH3 is 1. The maximum absolute atomic E-state index is 13.8. The van der Waals surface area contributed by atoms with Gasteiger partial charge in [-0.2, -0.15) is 0 Å². The lowest BCUT2D eigenvalue weighted by atomic mass is 9.64. The fourth-order valence-electron chi connectivity index (χ4n) is 9.34. The number of aliphatic hydroxyl groups excluding tert-OH is 2. The van der Waals surface area contributed by atoms with Crippen molar-refractivity contribution in [1.29, 1.82) is 0 Å². The second-order valence-corrected chi connectivity index (χ2v) is 18.1. The summed E-state index contributed by atoms with van der Waals surface area (Å²) < 4.78 is 25.4. The number of rotatable bonds is 27. The van der Waals surface area contributed by atoms with Crippen LogP contribution in [0.2, 0.25) is 0 Å². The Balaban J connectivity index is 0.000000408. The van der Waals surface area contributed by atoms with E-state index in [2.05, 4.69) is 85.3 Å². The number of nitrogens with one attached hydrogen (secondary N) is 5. The van der Waals surface area contributed by atoms with E-state index in [1.54, 1.807) is 6.08 Å². The standard InChI is InChI=1S/C41H50N6O3.2C7H15NO4/c1-9-12-26-23(5)30-18-33-25(11-3)22(4)31(44-33)19-36-29-15-14-28(39(48)43-17-16-42)38(40(49)50-8)41(29,7)37(47-36)21-32-24(6)27(13-10-2)35(46-32)20-34(26)45-30;2*9-2-4-12-6-5-11-3-1-8-7-10/h11,14-15,18-21,23,26,38,44,46H,3,9-10,12-13,16-17,42H2,1-2,4-8H3,(H,43,48);2*7,9H,1-6H2,(H,8,10). The van der Waals surface area contributed by atoms with Gasteiger partial charge in [-0.1, -0.05) is 58.4 Å². The molecule has 6 rings (SSSR count). The first-order valence-corrected chi connectivity index (χ1v) is 25.6. The van der Waals surface area contributed by atoms with Crippen LogP contribution < -0.4 is 21.7 Å². The zero-order valence-corrected chi connectivity index (χ0v) is 44.4. The number of aliphatic hydroxyl groups is 2. The molecule has 19 heteroatoms. The van der Waals surface area contributed by atoms with Gasteiger partial charge in [-0.3, -0.25) is 29.1 Å². The number of allylic oxidation sites excluding steroid dienone is 3. The van der Waals surface area contributed by atoms with Crippen LogP contribution in [0.15, 0.2) is 48.6 Å². The van der Waals surface area contributed by atoms with Crippen LogP contribution in [0.3, 0.4) is 0 Å². The topological polar surface area (TPSA) is 274 Å². The van der Waals surface area contributed by atoms with Crippen molar-refractivity contribution in [2.75, 3.05) is 99.4 Å². The van der Waals surface area contributed by atoms with Gasteiger partial charge in [0.15, 0.2) is 0 Å². The predicted molar refractivity (Wildman–Crippen MR) is 287 cm³/mol. The molecule has 0 fully saturated rings. The van der Waals surface area contributed by atoms with E-state index in [-0.39, 0.29) is 38.1 Å². The molecule has 74 heavy (non-hydrogen) atoms. The quantitative estimate of drug-likeness (QED) is 0.0288. The van der Waals surface area contributed by atoms with Crippen LogP contribution in [-0.4, -0.2) is 154 Å². The minimum atomic E-state index is -1.01. The summed E-state index contributed by atoms with van der Waals surface area (Å²) in [5, 5.41) is 24.4. The van der Waals surface area contributed by atoms with Crippen LogP contribution in [0.5, 0.6) is 0 Å². The van der Waals surface area contributed by atoms with E-state index in [4.69, 9.17) is 49.6 Å². The van der Waals surface area contributed by atoms with E-state index in [0.717, 1.165) is 81.4 Å². The Kier molecular flexibility index (Phi) is 25.9. The molecule has 2 aliphatic heterocycles. The van der Waals surface area contributed by atoms with E-state index < -0.39 is 17.3 Å². The summed E-state index contributed by atoms with van der Waals surface area (Å²) in [5.74, 6) is -1.25. The molecule has 0 saturated heterocycles. The van der Waals surface area contributed by atoms with Gasteiger partial charge in [0.1, 0.15) is 5.92 Å². The summed E-state index contributed by atoms with van der Waals surface area (Å²) >= 11 is 0. The molecule has 3 aliphatic rings. The second-order valence-electron chi connectivity index (χ2n) is 18.1. The minimum absolute atomic E-state index is 0.0344. The molecule has 0 radical (unpaired) electrons. The van der Waals surface area contributed by atoms with Gasteiger partial charge in [0.05, 0.1) is 90.0 Å². The van der Waals surface area contributed by atoms with Gasteiger partial charge in [-0.05, 0) is 80.1 Å². The van der Waals surface area contributed by atoms with Gasteiger partial charge < -0.3 is 65.5 Å². The molecule has 3 amide bonds. The zero-order chi connectivity index (χ0) is 54.0. The minimum Gasteiger partial charge on any atom is -0.469 e. The Morgan fingerprint density at radius 1 is 0.784 bits per heavy atom. The number of H-pyrrole nitrogens is 2. The van der Waals surface area contributed by atoms with Crippen LogP contribution in [0.4, 0.5) is 0 Å². The van der Waals surface area contributed by atoms with Gasteiger partial charge in [-0.25, -0.2) is 0 Å². The number of esters is 1. The molecule has 406 valence electrons. The van der Waals surface area contributed by atoms with E-state index in [0.29, 0.717) is 102 Å². The van der Waals surface area contributed by atoms with E-state index >= 15 is 0 Å². The van der Waals surface area contributed by atoms with E-state index in [1.807, 2.05) is 25.1 Å². The third kappa shape index (κ3) is 15.7. The first kappa shape index (κ1) is 60.5. The highest BCUT2D eigenvalue weighted by Crippen LogP contribution is 2.52. The number of carbonyl (C=O) groups excluding carboxylic acids is 4. The number of hydrogen-bond donors (Lipinski definition) is 8. The number of aryl methyl sites for hydroxylation is 3. The SMILES string of the molecule is C=Cc1c(C)c2cc3nc(cc4[nH]c(cc5nc(cc1[nH]2)C(C)C5CCC)c(CCC)c4C)C1(C)C3=CC=C(C(=O)NCCN)C1C(=O)OC.O=CNCCOCCOCCO.O=CNCCOCCOCCO. The summed E-state index contributed by atoms with van der Waals surface area (Å²) in [6, 6.07) is 8.51. The number of aromatic nitrogens is 4. The number of hydrogen-bond acceptors (Lipinski definition) is 14. The van der Waals surface area contributed by atoms with Crippen molar-refractivity contribution in [2.24, 2.45) is 11.7 Å². The monoisotopic (exact) mass is 1030 g/mol. The van der Waals surface area contributed by atoms with E-state index in [1.165, 1.54) is 12.7 Å². The Morgan fingerprint density at radius 3 is 1.93 bits per heavy atom. The normalized spacial score (nSPS) is 17.5. The number of fused-ring (bicyclic) bond motifs is 11. The van der Waals surface area contributed by atoms with E-state index in [9.17, 15) is 19.2 Å². The second kappa shape index (κ2) is 31.6. The molecule has 5 heterocycles.